The number of benzene rings is 1. The van der Waals surface area contributed by atoms with Gasteiger partial charge in [0.2, 0.25) is 10.0 Å². The lowest BCUT2D eigenvalue weighted by Gasteiger charge is -2.12. The van der Waals surface area contributed by atoms with E-state index in [2.05, 4.69) is 15.6 Å². The predicted molar refractivity (Wildman–Crippen MR) is 70.9 cm³/mol. The molecule has 7 nitrogen and oxygen atoms in total. The Balaban J connectivity index is 2.25. The average Bonchev–Trinajstić information content (AvgIpc) is 2.72. The van der Waals surface area contributed by atoms with Crippen LogP contribution in [0.3, 0.4) is 0 Å². The Morgan fingerprint density at radius 1 is 1.42 bits per heavy atom. The van der Waals surface area contributed by atoms with Crippen LogP contribution in [0.1, 0.15) is 11.3 Å². The third-order valence-electron chi connectivity index (χ3n) is 2.86. The molecule has 0 unspecified atom stereocenters. The molecule has 0 saturated heterocycles. The van der Waals surface area contributed by atoms with Gasteiger partial charge in [-0.3, -0.25) is 4.68 Å². The van der Waals surface area contributed by atoms with Crippen LogP contribution in [0.5, 0.6) is 0 Å². The zero-order valence-electron chi connectivity index (χ0n) is 10.7. The second-order valence-corrected chi connectivity index (χ2v) is 5.71. The standard InChI is InChI=1S/C11H15N5O2S/c1-8-10(4-3-5-11(8)19(12,17)18)13-6-9-7-14-15-16(9)2/h3-5,7,13H,6H2,1-2H3,(H2,12,17,18). The molecule has 3 N–H and O–H groups in total. The Hall–Kier alpha value is -1.93. The molecule has 0 saturated carbocycles. The van der Waals surface area contributed by atoms with Crippen LogP contribution in [0.25, 0.3) is 0 Å². The Bertz CT molecular complexity index is 693. The van der Waals surface area contributed by atoms with E-state index >= 15 is 0 Å². The van der Waals surface area contributed by atoms with Gasteiger partial charge in [0.05, 0.1) is 23.3 Å². The Morgan fingerprint density at radius 3 is 2.74 bits per heavy atom. The molecule has 0 aliphatic carbocycles. The Morgan fingerprint density at radius 2 is 2.16 bits per heavy atom. The van der Waals surface area contributed by atoms with Crippen molar-refractivity contribution in [2.24, 2.45) is 12.2 Å². The van der Waals surface area contributed by atoms with E-state index in [-0.39, 0.29) is 4.90 Å². The van der Waals surface area contributed by atoms with Crippen molar-refractivity contribution in [1.82, 2.24) is 15.0 Å². The van der Waals surface area contributed by atoms with Gasteiger partial charge >= 0.3 is 0 Å². The molecule has 0 aliphatic heterocycles. The fourth-order valence-corrected chi connectivity index (χ4v) is 2.58. The number of aryl methyl sites for hydroxylation is 1. The van der Waals surface area contributed by atoms with Gasteiger partial charge in [0, 0.05) is 12.7 Å². The molecule has 1 heterocycles. The van der Waals surface area contributed by atoms with Crippen molar-refractivity contribution >= 4 is 15.7 Å². The monoisotopic (exact) mass is 281 g/mol. The molecule has 1 aromatic heterocycles. The quantitative estimate of drug-likeness (QED) is 0.843. The molecule has 0 aliphatic rings. The van der Waals surface area contributed by atoms with E-state index in [9.17, 15) is 8.42 Å². The normalized spacial score (nSPS) is 11.5. The van der Waals surface area contributed by atoms with Gasteiger partial charge in [0.1, 0.15) is 0 Å². The Labute approximate surface area is 111 Å². The number of nitrogens with two attached hydrogens (primary N) is 1. The number of sulfonamides is 1. The first-order chi connectivity index (χ1) is 8.89. The van der Waals surface area contributed by atoms with Gasteiger partial charge < -0.3 is 5.32 Å². The van der Waals surface area contributed by atoms with Crippen LogP contribution >= 0.6 is 0 Å². The highest BCUT2D eigenvalue weighted by Gasteiger charge is 2.13. The second-order valence-electron chi connectivity index (χ2n) is 4.18. The van der Waals surface area contributed by atoms with Crippen molar-refractivity contribution in [3.8, 4) is 0 Å². The molecule has 0 radical (unpaired) electrons. The van der Waals surface area contributed by atoms with Gasteiger partial charge in [0.15, 0.2) is 0 Å². The number of anilines is 1. The summed E-state index contributed by atoms with van der Waals surface area (Å²) >= 11 is 0. The van der Waals surface area contributed by atoms with Crippen LogP contribution in [0.4, 0.5) is 5.69 Å². The largest absolute Gasteiger partial charge is 0.379 e. The van der Waals surface area contributed by atoms with E-state index in [4.69, 9.17) is 5.14 Å². The third kappa shape index (κ3) is 2.91. The zero-order chi connectivity index (χ0) is 14.0. The van der Waals surface area contributed by atoms with Crippen molar-refractivity contribution < 1.29 is 8.42 Å². The summed E-state index contributed by atoms with van der Waals surface area (Å²) in [5.41, 5.74) is 2.20. The average molecular weight is 281 g/mol. The van der Waals surface area contributed by atoms with Crippen molar-refractivity contribution in [1.29, 1.82) is 0 Å². The van der Waals surface area contributed by atoms with Crippen molar-refractivity contribution in [3.63, 3.8) is 0 Å². The maximum absolute atomic E-state index is 11.4. The first-order valence-electron chi connectivity index (χ1n) is 5.59. The number of nitrogens with one attached hydrogen (secondary N) is 1. The predicted octanol–water partition coefficient (Wildman–Crippen LogP) is 0.383. The van der Waals surface area contributed by atoms with Crippen molar-refractivity contribution in [2.45, 2.75) is 18.4 Å². The topological polar surface area (TPSA) is 103 Å². The lowest BCUT2D eigenvalue weighted by atomic mass is 10.2. The van der Waals surface area contributed by atoms with Gasteiger partial charge in [-0.15, -0.1) is 5.10 Å². The lowest BCUT2D eigenvalue weighted by molar-refractivity contribution is 0.597. The molecule has 0 fully saturated rings. The molecular weight excluding hydrogens is 266 g/mol. The number of hydrogen-bond donors (Lipinski definition) is 2. The first-order valence-corrected chi connectivity index (χ1v) is 7.14. The zero-order valence-corrected chi connectivity index (χ0v) is 11.5. The molecule has 0 spiro atoms. The fraction of sp³-hybridized carbons (Fsp3) is 0.273. The van der Waals surface area contributed by atoms with Gasteiger partial charge in [-0.05, 0) is 24.6 Å². The van der Waals surface area contributed by atoms with Crippen LogP contribution in [-0.2, 0) is 23.6 Å². The SMILES string of the molecule is Cc1c(NCc2cnnn2C)cccc1S(N)(=O)=O. The molecule has 0 amide bonds. The molecule has 2 aromatic rings. The summed E-state index contributed by atoms with van der Waals surface area (Å²) in [6, 6.07) is 4.94. The highest BCUT2D eigenvalue weighted by Crippen LogP contribution is 2.22. The van der Waals surface area contributed by atoms with Crippen LogP contribution in [0.2, 0.25) is 0 Å². The highest BCUT2D eigenvalue weighted by molar-refractivity contribution is 7.89. The smallest absolute Gasteiger partial charge is 0.238 e. The number of nitrogens with zero attached hydrogens (tertiary/aromatic N) is 3. The van der Waals surface area contributed by atoms with Crippen molar-refractivity contribution in [2.75, 3.05) is 5.32 Å². The summed E-state index contributed by atoms with van der Waals surface area (Å²) in [7, 11) is -1.92. The molecule has 0 atom stereocenters. The maximum Gasteiger partial charge on any atom is 0.238 e. The number of aromatic nitrogens is 3. The van der Waals surface area contributed by atoms with Crippen LogP contribution in [0.15, 0.2) is 29.3 Å². The number of rotatable bonds is 4. The third-order valence-corrected chi connectivity index (χ3v) is 3.91. The fourth-order valence-electron chi connectivity index (χ4n) is 1.77. The minimum atomic E-state index is -3.71. The van der Waals surface area contributed by atoms with Gasteiger partial charge in [-0.25, -0.2) is 13.6 Å². The van der Waals surface area contributed by atoms with Gasteiger partial charge in [0.25, 0.3) is 0 Å². The van der Waals surface area contributed by atoms with Crippen LogP contribution < -0.4 is 10.5 Å². The first kappa shape index (κ1) is 13.5. The van der Waals surface area contributed by atoms with Gasteiger partial charge in [-0.1, -0.05) is 11.3 Å². The van der Waals surface area contributed by atoms with E-state index in [1.54, 1.807) is 37.0 Å². The second kappa shape index (κ2) is 4.98. The van der Waals surface area contributed by atoms with Crippen LogP contribution in [0, 0.1) is 6.92 Å². The van der Waals surface area contributed by atoms with Crippen molar-refractivity contribution in [3.05, 3.63) is 35.7 Å². The summed E-state index contributed by atoms with van der Waals surface area (Å²) in [6.45, 7) is 2.21. The van der Waals surface area contributed by atoms with E-state index < -0.39 is 10.0 Å². The number of primary sulfonamides is 1. The molecule has 8 heteroatoms. The highest BCUT2D eigenvalue weighted by atomic mass is 32.2. The lowest BCUT2D eigenvalue weighted by Crippen LogP contribution is -2.15. The summed E-state index contributed by atoms with van der Waals surface area (Å²) in [5, 5.41) is 15.9. The van der Waals surface area contributed by atoms with Gasteiger partial charge in [-0.2, -0.15) is 0 Å². The summed E-state index contributed by atoms with van der Waals surface area (Å²) < 4.78 is 24.5. The molecule has 2 rings (SSSR count). The number of hydrogen-bond acceptors (Lipinski definition) is 5. The van der Waals surface area contributed by atoms with E-state index in [1.807, 2.05) is 0 Å². The summed E-state index contributed by atoms with van der Waals surface area (Å²) in [6.07, 6.45) is 1.64. The van der Waals surface area contributed by atoms with E-state index in [0.717, 1.165) is 5.69 Å². The minimum absolute atomic E-state index is 0.126. The van der Waals surface area contributed by atoms with E-state index in [1.165, 1.54) is 6.07 Å². The molecule has 19 heavy (non-hydrogen) atoms. The van der Waals surface area contributed by atoms with E-state index in [0.29, 0.717) is 17.8 Å². The molecular formula is C11H15N5O2S. The summed E-state index contributed by atoms with van der Waals surface area (Å²) in [5.74, 6) is 0. The minimum Gasteiger partial charge on any atom is -0.379 e. The van der Waals surface area contributed by atoms with Crippen LogP contribution in [-0.4, -0.2) is 23.4 Å². The summed E-state index contributed by atoms with van der Waals surface area (Å²) in [4.78, 5) is 0.126. The molecule has 1 aromatic carbocycles. The maximum atomic E-state index is 11.4. The Kier molecular flexibility index (Phi) is 3.54. The molecule has 0 bridgehead atoms. The molecule has 102 valence electrons.